The van der Waals surface area contributed by atoms with E-state index in [1.165, 1.54) is 42.4 Å². The molecule has 0 aliphatic rings. The lowest BCUT2D eigenvalue weighted by molar-refractivity contribution is -0.275. The molecular formula is C14H13F3N2O3. The fourth-order valence-electron chi connectivity index (χ4n) is 2.07. The second-order valence-corrected chi connectivity index (χ2v) is 4.44. The molecule has 0 amide bonds. The normalized spacial score (nSPS) is 12.8. The van der Waals surface area contributed by atoms with Crippen molar-refractivity contribution in [3.05, 3.63) is 48.0 Å². The van der Waals surface area contributed by atoms with Crippen molar-refractivity contribution < 1.29 is 27.4 Å². The number of nitrogens with zero attached hydrogens (tertiary/aromatic N) is 2. The lowest BCUT2D eigenvalue weighted by atomic mass is 10.1. The Labute approximate surface area is 124 Å². The van der Waals surface area contributed by atoms with Crippen molar-refractivity contribution in [2.45, 2.75) is 19.3 Å². The zero-order chi connectivity index (χ0) is 16.3. The van der Waals surface area contributed by atoms with Crippen molar-refractivity contribution in [2.75, 3.05) is 7.11 Å². The molecule has 0 bridgehead atoms. The van der Waals surface area contributed by atoms with E-state index in [9.17, 15) is 18.0 Å². The van der Waals surface area contributed by atoms with E-state index in [1.54, 1.807) is 13.0 Å². The number of hydrogen-bond donors (Lipinski definition) is 0. The molecule has 1 aromatic carbocycles. The van der Waals surface area contributed by atoms with Gasteiger partial charge in [0.25, 0.3) is 0 Å². The van der Waals surface area contributed by atoms with Gasteiger partial charge in [0.1, 0.15) is 11.4 Å². The number of esters is 1. The zero-order valence-corrected chi connectivity index (χ0v) is 11.8. The van der Waals surface area contributed by atoms with Gasteiger partial charge in [0, 0.05) is 5.56 Å². The van der Waals surface area contributed by atoms with Gasteiger partial charge in [-0.2, -0.15) is 0 Å². The molecule has 5 nitrogen and oxygen atoms in total. The highest BCUT2D eigenvalue weighted by atomic mass is 19.4. The van der Waals surface area contributed by atoms with Crippen LogP contribution in [0, 0.1) is 0 Å². The van der Waals surface area contributed by atoms with Crippen LogP contribution >= 0.6 is 0 Å². The number of methoxy groups -OCH3 is 1. The molecule has 1 aromatic heterocycles. The van der Waals surface area contributed by atoms with Crippen molar-refractivity contribution >= 4 is 5.97 Å². The first kappa shape index (κ1) is 15.9. The Morgan fingerprint density at radius 2 is 2.00 bits per heavy atom. The van der Waals surface area contributed by atoms with Crippen LogP contribution in [0.25, 0.3) is 0 Å². The SMILES string of the molecule is COC(=O)c1cncn1C(C)c1ccccc1OC(F)(F)F. The molecule has 1 unspecified atom stereocenters. The van der Waals surface area contributed by atoms with Gasteiger partial charge < -0.3 is 14.0 Å². The summed E-state index contributed by atoms with van der Waals surface area (Å²) in [4.78, 5) is 15.5. The lowest BCUT2D eigenvalue weighted by Gasteiger charge is -2.20. The molecule has 0 saturated heterocycles. The van der Waals surface area contributed by atoms with Crippen molar-refractivity contribution in [2.24, 2.45) is 0 Å². The number of ether oxygens (including phenoxy) is 2. The van der Waals surface area contributed by atoms with E-state index in [4.69, 9.17) is 0 Å². The van der Waals surface area contributed by atoms with Gasteiger partial charge in [0.15, 0.2) is 0 Å². The molecule has 2 rings (SSSR count). The second-order valence-electron chi connectivity index (χ2n) is 4.44. The number of alkyl halides is 3. The molecular weight excluding hydrogens is 301 g/mol. The predicted molar refractivity (Wildman–Crippen MR) is 70.5 cm³/mol. The molecule has 1 heterocycles. The Bertz CT molecular complexity index is 667. The largest absolute Gasteiger partial charge is 0.573 e. The third-order valence-corrected chi connectivity index (χ3v) is 3.07. The summed E-state index contributed by atoms with van der Waals surface area (Å²) in [6.07, 6.45) is -2.16. The summed E-state index contributed by atoms with van der Waals surface area (Å²) in [7, 11) is 1.21. The van der Waals surface area contributed by atoms with Crippen molar-refractivity contribution in [3.63, 3.8) is 0 Å². The Hall–Kier alpha value is -2.51. The molecule has 0 spiro atoms. The number of para-hydroxylation sites is 1. The van der Waals surface area contributed by atoms with E-state index in [0.717, 1.165) is 0 Å². The van der Waals surface area contributed by atoms with E-state index in [1.807, 2.05) is 0 Å². The van der Waals surface area contributed by atoms with Gasteiger partial charge >= 0.3 is 12.3 Å². The summed E-state index contributed by atoms with van der Waals surface area (Å²) in [5, 5.41) is 0. The number of imidazole rings is 1. The minimum atomic E-state index is -4.80. The van der Waals surface area contributed by atoms with Crippen LogP contribution in [0.3, 0.4) is 0 Å². The number of hydrogen-bond acceptors (Lipinski definition) is 4. The highest BCUT2D eigenvalue weighted by Crippen LogP contribution is 2.32. The fourth-order valence-corrected chi connectivity index (χ4v) is 2.07. The van der Waals surface area contributed by atoms with Crippen LogP contribution in [0.5, 0.6) is 5.75 Å². The van der Waals surface area contributed by atoms with E-state index in [-0.39, 0.29) is 17.0 Å². The quantitative estimate of drug-likeness (QED) is 0.813. The third-order valence-electron chi connectivity index (χ3n) is 3.07. The smallest absolute Gasteiger partial charge is 0.464 e. The Morgan fingerprint density at radius 1 is 1.32 bits per heavy atom. The first-order valence-electron chi connectivity index (χ1n) is 6.28. The second kappa shape index (κ2) is 6.08. The molecule has 0 saturated carbocycles. The van der Waals surface area contributed by atoms with Gasteiger partial charge in [-0.05, 0) is 13.0 Å². The number of halogens is 3. The predicted octanol–water partition coefficient (Wildman–Crippen LogP) is 3.18. The standard InChI is InChI=1S/C14H13F3N2O3/c1-9(19-8-18-7-11(19)13(20)21-2)10-5-3-4-6-12(10)22-14(15,16)17/h3-9H,1-2H3. The summed E-state index contributed by atoms with van der Waals surface area (Å²) in [6, 6.07) is 5.13. The maximum absolute atomic E-state index is 12.5. The zero-order valence-electron chi connectivity index (χ0n) is 11.8. The topological polar surface area (TPSA) is 53.3 Å². The van der Waals surface area contributed by atoms with Crippen LogP contribution < -0.4 is 4.74 Å². The first-order valence-corrected chi connectivity index (χ1v) is 6.28. The first-order chi connectivity index (χ1) is 10.3. The average molecular weight is 314 g/mol. The molecule has 8 heteroatoms. The Kier molecular flexibility index (Phi) is 4.39. The molecule has 0 aliphatic heterocycles. The van der Waals surface area contributed by atoms with E-state index in [2.05, 4.69) is 14.5 Å². The molecule has 0 fully saturated rings. The molecule has 118 valence electrons. The molecule has 1 atom stereocenters. The fraction of sp³-hybridized carbons (Fsp3) is 0.286. The third kappa shape index (κ3) is 3.38. The van der Waals surface area contributed by atoms with Crippen LogP contribution in [0.1, 0.15) is 29.0 Å². The average Bonchev–Trinajstić information content (AvgIpc) is 2.94. The monoisotopic (exact) mass is 314 g/mol. The molecule has 0 aliphatic carbocycles. The van der Waals surface area contributed by atoms with Crippen molar-refractivity contribution in [3.8, 4) is 5.75 Å². The van der Waals surface area contributed by atoms with E-state index in [0.29, 0.717) is 0 Å². The molecule has 0 N–H and O–H groups in total. The summed E-state index contributed by atoms with van der Waals surface area (Å²) in [6.45, 7) is 1.63. The van der Waals surface area contributed by atoms with Crippen molar-refractivity contribution in [1.82, 2.24) is 9.55 Å². The highest BCUT2D eigenvalue weighted by molar-refractivity contribution is 5.87. The Balaban J connectivity index is 2.40. The number of carbonyl (C=O) groups excluding carboxylic acids is 1. The summed E-state index contributed by atoms with van der Waals surface area (Å²) in [5.41, 5.74) is 0.403. The van der Waals surface area contributed by atoms with Crippen molar-refractivity contribution in [1.29, 1.82) is 0 Å². The van der Waals surface area contributed by atoms with Crippen LogP contribution in [-0.2, 0) is 4.74 Å². The maximum Gasteiger partial charge on any atom is 0.573 e. The number of aromatic nitrogens is 2. The number of rotatable bonds is 4. The summed E-state index contributed by atoms with van der Waals surface area (Å²) < 4.78 is 47.5. The lowest BCUT2D eigenvalue weighted by Crippen LogP contribution is -2.20. The Morgan fingerprint density at radius 3 is 2.64 bits per heavy atom. The van der Waals surface area contributed by atoms with Gasteiger partial charge in [-0.25, -0.2) is 9.78 Å². The molecule has 2 aromatic rings. The molecule has 22 heavy (non-hydrogen) atoms. The van der Waals surface area contributed by atoms with E-state index >= 15 is 0 Å². The summed E-state index contributed by atoms with van der Waals surface area (Å²) in [5.74, 6) is -0.953. The van der Waals surface area contributed by atoms with Crippen LogP contribution in [-0.4, -0.2) is 29.0 Å². The van der Waals surface area contributed by atoms with Gasteiger partial charge in [-0.15, -0.1) is 13.2 Å². The van der Waals surface area contributed by atoms with Crippen LogP contribution in [0.2, 0.25) is 0 Å². The summed E-state index contributed by atoms with van der Waals surface area (Å²) >= 11 is 0. The number of carbonyl (C=O) groups is 1. The number of benzene rings is 1. The van der Waals surface area contributed by atoms with E-state index < -0.39 is 18.4 Å². The maximum atomic E-state index is 12.5. The van der Waals surface area contributed by atoms with Crippen LogP contribution in [0.4, 0.5) is 13.2 Å². The van der Waals surface area contributed by atoms with Crippen LogP contribution in [0.15, 0.2) is 36.8 Å². The van der Waals surface area contributed by atoms with Gasteiger partial charge in [-0.1, -0.05) is 18.2 Å². The van der Waals surface area contributed by atoms with Gasteiger partial charge in [-0.3, -0.25) is 0 Å². The minimum Gasteiger partial charge on any atom is -0.464 e. The van der Waals surface area contributed by atoms with Gasteiger partial charge in [0.2, 0.25) is 0 Å². The molecule has 0 radical (unpaired) electrons. The highest BCUT2D eigenvalue weighted by Gasteiger charge is 2.33. The van der Waals surface area contributed by atoms with Gasteiger partial charge in [0.05, 0.1) is 25.7 Å². The minimum absolute atomic E-state index is 0.136.